The lowest BCUT2D eigenvalue weighted by Gasteiger charge is -2.11. The molecule has 0 aromatic heterocycles. The highest BCUT2D eigenvalue weighted by Crippen LogP contribution is 2.05. The van der Waals surface area contributed by atoms with E-state index in [4.69, 9.17) is 10.2 Å². The molecule has 0 aliphatic heterocycles. The lowest BCUT2D eigenvalue weighted by Crippen LogP contribution is -2.36. The summed E-state index contributed by atoms with van der Waals surface area (Å²) in [5, 5.41) is 18.7. The van der Waals surface area contributed by atoms with Crippen molar-refractivity contribution in [1.29, 1.82) is 0 Å². The first-order valence-corrected chi connectivity index (χ1v) is 4.88. The van der Waals surface area contributed by atoms with Gasteiger partial charge in [0.2, 0.25) is 0 Å². The van der Waals surface area contributed by atoms with Crippen molar-refractivity contribution in [2.45, 2.75) is 19.4 Å². The molecule has 6 heteroatoms. The Bertz CT molecular complexity index is 185. The van der Waals surface area contributed by atoms with Crippen molar-refractivity contribution in [1.82, 2.24) is 5.32 Å². The smallest absolute Gasteiger partial charge is 0.364 e. The Balaban J connectivity index is 3.69. The van der Waals surface area contributed by atoms with E-state index in [1.165, 1.54) is 0 Å². The zero-order valence-corrected chi connectivity index (χ0v) is 8.13. The Morgan fingerprint density at radius 1 is 1.46 bits per heavy atom. The molecule has 0 unspecified atom stereocenters. The highest BCUT2D eigenvalue weighted by Gasteiger charge is 2.15. The van der Waals surface area contributed by atoms with Gasteiger partial charge in [0.1, 0.15) is 6.04 Å². The Hall–Kier alpha value is -0.750. The van der Waals surface area contributed by atoms with Crippen LogP contribution in [0.1, 0.15) is 13.3 Å². The predicted molar refractivity (Wildman–Crippen MR) is 50.2 cm³/mol. The highest BCUT2D eigenvalue weighted by molar-refractivity contribution is 8.13. The topological polar surface area (TPSA) is 86.6 Å². The molecule has 0 aromatic rings. The molecule has 0 aliphatic rings. The largest absolute Gasteiger partial charge is 0.480 e. The number of thioether (sulfide) groups is 1. The number of likely N-dealkylation sites (N-methyl/N-ethyl adjacent to an activating group) is 1. The van der Waals surface area contributed by atoms with E-state index >= 15 is 0 Å². The second kappa shape index (κ2) is 6.73. The van der Waals surface area contributed by atoms with Crippen LogP contribution in [-0.2, 0) is 4.79 Å². The van der Waals surface area contributed by atoms with Crippen LogP contribution in [-0.4, -0.2) is 39.8 Å². The number of carboxylic acid groups (broad SMARTS) is 2. The van der Waals surface area contributed by atoms with Gasteiger partial charge in [0.15, 0.2) is 0 Å². The van der Waals surface area contributed by atoms with Crippen LogP contribution in [0.15, 0.2) is 0 Å². The highest BCUT2D eigenvalue weighted by atomic mass is 32.2. The fourth-order valence-corrected chi connectivity index (χ4v) is 1.35. The molecule has 13 heavy (non-hydrogen) atoms. The fourth-order valence-electron chi connectivity index (χ4n) is 0.823. The van der Waals surface area contributed by atoms with Gasteiger partial charge < -0.3 is 15.5 Å². The number of rotatable bonds is 6. The summed E-state index contributed by atoms with van der Waals surface area (Å²) in [7, 11) is 0. The average molecular weight is 207 g/mol. The maximum Gasteiger partial charge on any atom is 0.364 e. The zero-order valence-electron chi connectivity index (χ0n) is 7.32. The van der Waals surface area contributed by atoms with E-state index < -0.39 is 17.3 Å². The first-order valence-electron chi connectivity index (χ1n) is 3.89. The molecular weight excluding hydrogens is 194 g/mol. The SMILES string of the molecule is CCN[C@@H](CCSC(=O)O)C(=O)O. The van der Waals surface area contributed by atoms with Crippen molar-refractivity contribution < 1.29 is 19.8 Å². The second-order valence-corrected chi connectivity index (χ2v) is 3.40. The molecule has 0 saturated heterocycles. The van der Waals surface area contributed by atoms with Gasteiger partial charge in [-0.3, -0.25) is 4.79 Å². The van der Waals surface area contributed by atoms with Crippen LogP contribution in [0.25, 0.3) is 0 Å². The molecule has 5 nitrogen and oxygen atoms in total. The molecule has 1 atom stereocenters. The minimum absolute atomic E-state index is 0.305. The van der Waals surface area contributed by atoms with Crippen molar-refractivity contribution in [3.05, 3.63) is 0 Å². The monoisotopic (exact) mass is 207 g/mol. The van der Waals surface area contributed by atoms with E-state index in [0.29, 0.717) is 30.5 Å². The van der Waals surface area contributed by atoms with Crippen LogP contribution in [0.4, 0.5) is 4.79 Å². The Morgan fingerprint density at radius 2 is 2.08 bits per heavy atom. The lowest BCUT2D eigenvalue weighted by atomic mass is 10.2. The third kappa shape index (κ3) is 6.41. The fraction of sp³-hybridized carbons (Fsp3) is 0.714. The third-order valence-electron chi connectivity index (χ3n) is 1.38. The van der Waals surface area contributed by atoms with Crippen LogP contribution in [0.2, 0.25) is 0 Å². The molecule has 0 aliphatic carbocycles. The van der Waals surface area contributed by atoms with Gasteiger partial charge in [-0.1, -0.05) is 6.92 Å². The molecule has 0 amide bonds. The van der Waals surface area contributed by atoms with Gasteiger partial charge in [0, 0.05) is 5.75 Å². The number of aliphatic carboxylic acids is 1. The third-order valence-corrected chi connectivity index (χ3v) is 2.07. The number of carbonyl (C=O) groups is 2. The van der Waals surface area contributed by atoms with E-state index in [1.807, 2.05) is 0 Å². The minimum atomic E-state index is -0.972. The quantitative estimate of drug-likeness (QED) is 0.598. The maximum absolute atomic E-state index is 10.5. The van der Waals surface area contributed by atoms with E-state index in [9.17, 15) is 9.59 Å². The van der Waals surface area contributed by atoms with Crippen molar-refractivity contribution in [2.24, 2.45) is 0 Å². The summed E-state index contributed by atoms with van der Waals surface area (Å²) in [6.07, 6.45) is 0.320. The number of carboxylic acids is 1. The van der Waals surface area contributed by atoms with Gasteiger partial charge in [-0.05, 0) is 24.7 Å². The molecule has 0 bridgehead atoms. The van der Waals surface area contributed by atoms with Crippen LogP contribution in [0, 0.1) is 0 Å². The number of hydrogen-bond acceptors (Lipinski definition) is 4. The second-order valence-electron chi connectivity index (χ2n) is 2.35. The van der Waals surface area contributed by atoms with Gasteiger partial charge in [-0.25, -0.2) is 4.79 Å². The standard InChI is InChI=1S/C7H13NO4S/c1-2-8-5(6(9)10)3-4-13-7(11)12/h5,8H,2-4H2,1H3,(H,9,10)(H,11,12)/t5-/m0/s1. The van der Waals surface area contributed by atoms with E-state index in [1.54, 1.807) is 6.92 Å². The van der Waals surface area contributed by atoms with Crippen molar-refractivity contribution >= 4 is 23.0 Å². The molecular formula is C7H13NO4S. The first-order chi connectivity index (χ1) is 6.07. The molecule has 0 rings (SSSR count). The van der Waals surface area contributed by atoms with Gasteiger partial charge in [0.25, 0.3) is 0 Å². The molecule has 0 radical (unpaired) electrons. The molecule has 76 valence electrons. The Morgan fingerprint density at radius 3 is 2.46 bits per heavy atom. The van der Waals surface area contributed by atoms with Gasteiger partial charge in [-0.15, -0.1) is 0 Å². The Labute approximate surface area is 80.5 Å². The Kier molecular flexibility index (Phi) is 6.34. The molecule has 0 aromatic carbocycles. The van der Waals surface area contributed by atoms with E-state index in [0.717, 1.165) is 0 Å². The summed E-state index contributed by atoms with van der Waals surface area (Å²) in [6, 6.07) is -0.642. The normalized spacial score (nSPS) is 12.4. The molecule has 0 heterocycles. The summed E-state index contributed by atoms with van der Waals surface area (Å²) in [5.41, 5.74) is 0. The lowest BCUT2D eigenvalue weighted by molar-refractivity contribution is -0.139. The summed E-state index contributed by atoms with van der Waals surface area (Å²) in [4.78, 5) is 20.6. The van der Waals surface area contributed by atoms with Crippen molar-refractivity contribution in [2.75, 3.05) is 12.3 Å². The van der Waals surface area contributed by atoms with E-state index in [-0.39, 0.29) is 0 Å². The van der Waals surface area contributed by atoms with Crippen LogP contribution < -0.4 is 5.32 Å². The molecule has 3 N–H and O–H groups in total. The number of nitrogens with one attached hydrogen (secondary N) is 1. The summed E-state index contributed by atoms with van der Waals surface area (Å²) < 4.78 is 0. The molecule has 0 spiro atoms. The number of hydrogen-bond donors (Lipinski definition) is 3. The minimum Gasteiger partial charge on any atom is -0.480 e. The van der Waals surface area contributed by atoms with Crippen LogP contribution in [0.5, 0.6) is 0 Å². The summed E-state index contributed by atoms with van der Waals surface area (Å²) >= 11 is 0.716. The molecule has 0 fully saturated rings. The zero-order chi connectivity index (χ0) is 10.3. The van der Waals surface area contributed by atoms with E-state index in [2.05, 4.69) is 5.32 Å². The van der Waals surface area contributed by atoms with Gasteiger partial charge in [-0.2, -0.15) is 0 Å². The van der Waals surface area contributed by atoms with Crippen LogP contribution >= 0.6 is 11.8 Å². The predicted octanol–water partition coefficient (Wildman–Crippen LogP) is 0.850. The maximum atomic E-state index is 10.5. The van der Waals surface area contributed by atoms with Gasteiger partial charge in [0.05, 0.1) is 0 Å². The van der Waals surface area contributed by atoms with Crippen LogP contribution in [0.3, 0.4) is 0 Å². The molecule has 0 saturated carbocycles. The van der Waals surface area contributed by atoms with Crippen molar-refractivity contribution in [3.8, 4) is 0 Å². The summed E-state index contributed by atoms with van der Waals surface area (Å²) in [6.45, 7) is 2.37. The van der Waals surface area contributed by atoms with Crippen molar-refractivity contribution in [3.63, 3.8) is 0 Å². The van der Waals surface area contributed by atoms with Gasteiger partial charge >= 0.3 is 11.3 Å². The first kappa shape index (κ1) is 12.2. The summed E-state index contributed by atoms with van der Waals surface area (Å²) in [5.74, 6) is -0.632. The average Bonchev–Trinajstić information content (AvgIpc) is 2.02.